The topological polar surface area (TPSA) is 52.4 Å². The molecule has 0 bridgehead atoms. The SMILES string of the molecule is Cc1ccc(/C=C/[N+](=O)[O-])cc1OC1CCCC1. The highest BCUT2D eigenvalue weighted by atomic mass is 16.6. The van der Waals surface area contributed by atoms with Gasteiger partial charge in [0.15, 0.2) is 0 Å². The van der Waals surface area contributed by atoms with Gasteiger partial charge in [0.1, 0.15) is 5.75 Å². The maximum absolute atomic E-state index is 10.3. The van der Waals surface area contributed by atoms with Gasteiger partial charge >= 0.3 is 0 Å². The minimum absolute atomic E-state index is 0.304. The summed E-state index contributed by atoms with van der Waals surface area (Å²) >= 11 is 0. The number of nitrogens with zero attached hydrogens (tertiary/aromatic N) is 1. The van der Waals surface area contributed by atoms with Crippen LogP contribution in [0.5, 0.6) is 5.75 Å². The second-order valence-corrected chi connectivity index (χ2v) is 4.65. The first-order valence-corrected chi connectivity index (χ1v) is 6.24. The molecule has 4 nitrogen and oxygen atoms in total. The molecule has 0 spiro atoms. The van der Waals surface area contributed by atoms with Crippen molar-refractivity contribution in [2.24, 2.45) is 0 Å². The van der Waals surface area contributed by atoms with E-state index < -0.39 is 4.92 Å². The van der Waals surface area contributed by atoms with Gasteiger partial charge in [-0.25, -0.2) is 0 Å². The summed E-state index contributed by atoms with van der Waals surface area (Å²) in [6.45, 7) is 1.99. The third-order valence-corrected chi connectivity index (χ3v) is 3.20. The molecule has 1 saturated carbocycles. The number of rotatable bonds is 4. The predicted molar refractivity (Wildman–Crippen MR) is 70.1 cm³/mol. The van der Waals surface area contributed by atoms with Gasteiger partial charge in [0.25, 0.3) is 0 Å². The van der Waals surface area contributed by atoms with E-state index in [1.54, 1.807) is 0 Å². The third kappa shape index (κ3) is 3.32. The molecule has 0 aromatic heterocycles. The van der Waals surface area contributed by atoms with Gasteiger partial charge in [-0.2, -0.15) is 0 Å². The van der Waals surface area contributed by atoms with E-state index in [9.17, 15) is 10.1 Å². The van der Waals surface area contributed by atoms with Crippen LogP contribution in [0.4, 0.5) is 0 Å². The highest BCUT2D eigenvalue weighted by Crippen LogP contribution is 2.27. The van der Waals surface area contributed by atoms with Crippen LogP contribution in [0.15, 0.2) is 24.4 Å². The zero-order valence-corrected chi connectivity index (χ0v) is 10.5. The minimum atomic E-state index is -0.461. The van der Waals surface area contributed by atoms with E-state index in [0.717, 1.165) is 35.9 Å². The molecule has 4 heteroatoms. The molecule has 1 fully saturated rings. The number of benzene rings is 1. The van der Waals surface area contributed by atoms with Gasteiger partial charge in [-0.05, 0) is 49.8 Å². The number of ether oxygens (including phenoxy) is 1. The summed E-state index contributed by atoms with van der Waals surface area (Å²) in [7, 11) is 0. The van der Waals surface area contributed by atoms with Crippen LogP contribution in [-0.4, -0.2) is 11.0 Å². The van der Waals surface area contributed by atoms with Gasteiger partial charge in [-0.15, -0.1) is 0 Å². The lowest BCUT2D eigenvalue weighted by atomic mass is 10.1. The smallest absolute Gasteiger partial charge is 0.235 e. The fourth-order valence-corrected chi connectivity index (χ4v) is 2.18. The summed E-state index contributed by atoms with van der Waals surface area (Å²) in [5, 5.41) is 10.3. The first-order chi connectivity index (χ1) is 8.65. The molecule has 0 amide bonds. The molecule has 1 aromatic carbocycles. The summed E-state index contributed by atoms with van der Waals surface area (Å²) in [6.07, 6.45) is 7.40. The van der Waals surface area contributed by atoms with Crippen LogP contribution in [0.2, 0.25) is 0 Å². The first-order valence-electron chi connectivity index (χ1n) is 6.24. The summed E-state index contributed by atoms with van der Waals surface area (Å²) in [4.78, 5) is 9.83. The molecule has 0 unspecified atom stereocenters. The molecule has 1 aliphatic carbocycles. The summed E-state index contributed by atoms with van der Waals surface area (Å²) < 4.78 is 5.95. The minimum Gasteiger partial charge on any atom is -0.490 e. The Balaban J connectivity index is 2.12. The van der Waals surface area contributed by atoms with E-state index in [1.165, 1.54) is 18.9 Å². The van der Waals surface area contributed by atoms with Crippen molar-refractivity contribution < 1.29 is 9.66 Å². The molecular weight excluding hydrogens is 230 g/mol. The van der Waals surface area contributed by atoms with Crippen LogP contribution in [0.3, 0.4) is 0 Å². The molecule has 2 rings (SSSR count). The number of aryl methyl sites for hydroxylation is 1. The molecule has 96 valence electrons. The van der Waals surface area contributed by atoms with Crippen molar-refractivity contribution in [3.8, 4) is 5.75 Å². The van der Waals surface area contributed by atoms with Crippen molar-refractivity contribution in [3.63, 3.8) is 0 Å². The first kappa shape index (κ1) is 12.6. The van der Waals surface area contributed by atoms with Crippen LogP contribution in [0.1, 0.15) is 36.8 Å². The van der Waals surface area contributed by atoms with Gasteiger partial charge in [-0.1, -0.05) is 12.1 Å². The van der Waals surface area contributed by atoms with Crippen LogP contribution < -0.4 is 4.74 Å². The van der Waals surface area contributed by atoms with E-state index in [0.29, 0.717) is 6.10 Å². The molecule has 1 aliphatic rings. The van der Waals surface area contributed by atoms with E-state index in [2.05, 4.69) is 0 Å². The number of hydrogen-bond acceptors (Lipinski definition) is 3. The van der Waals surface area contributed by atoms with E-state index >= 15 is 0 Å². The highest BCUT2D eigenvalue weighted by molar-refractivity contribution is 5.52. The lowest BCUT2D eigenvalue weighted by molar-refractivity contribution is -0.400. The largest absolute Gasteiger partial charge is 0.490 e. The highest BCUT2D eigenvalue weighted by Gasteiger charge is 2.17. The molecule has 1 aromatic rings. The normalized spacial score (nSPS) is 16.3. The van der Waals surface area contributed by atoms with Crippen molar-refractivity contribution >= 4 is 6.08 Å². The molecule has 18 heavy (non-hydrogen) atoms. The Hall–Kier alpha value is -1.84. The predicted octanol–water partition coefficient (Wildman–Crippen LogP) is 3.56. The Labute approximate surface area is 106 Å². The second kappa shape index (κ2) is 5.67. The zero-order chi connectivity index (χ0) is 13.0. The third-order valence-electron chi connectivity index (χ3n) is 3.20. The Morgan fingerprint density at radius 3 is 2.78 bits per heavy atom. The zero-order valence-electron chi connectivity index (χ0n) is 10.5. The molecule has 0 radical (unpaired) electrons. The average molecular weight is 247 g/mol. The monoisotopic (exact) mass is 247 g/mol. The molecule has 0 N–H and O–H groups in total. The Morgan fingerprint density at radius 1 is 1.39 bits per heavy atom. The molecular formula is C14H17NO3. The van der Waals surface area contributed by atoms with Crippen molar-refractivity contribution in [2.75, 3.05) is 0 Å². The second-order valence-electron chi connectivity index (χ2n) is 4.65. The van der Waals surface area contributed by atoms with E-state index in [-0.39, 0.29) is 0 Å². The van der Waals surface area contributed by atoms with Gasteiger partial charge in [0.2, 0.25) is 6.20 Å². The fourth-order valence-electron chi connectivity index (χ4n) is 2.18. The quantitative estimate of drug-likeness (QED) is 0.603. The summed E-state index contributed by atoms with van der Waals surface area (Å²) in [5.74, 6) is 0.840. The standard InChI is InChI=1S/C14H17NO3/c1-11-6-7-12(8-9-15(16)17)10-14(11)18-13-4-2-3-5-13/h6-10,13H,2-5H2,1H3/b9-8+. The number of nitro groups is 1. The van der Waals surface area contributed by atoms with Crippen LogP contribution in [0.25, 0.3) is 6.08 Å². The van der Waals surface area contributed by atoms with Crippen LogP contribution in [-0.2, 0) is 0 Å². The van der Waals surface area contributed by atoms with Gasteiger partial charge < -0.3 is 4.74 Å². The maximum atomic E-state index is 10.3. The summed E-state index contributed by atoms with van der Waals surface area (Å²) in [5.41, 5.74) is 1.87. The van der Waals surface area contributed by atoms with E-state index in [1.807, 2.05) is 25.1 Å². The van der Waals surface area contributed by atoms with E-state index in [4.69, 9.17) is 4.74 Å². The Kier molecular flexibility index (Phi) is 3.97. The van der Waals surface area contributed by atoms with Gasteiger partial charge in [0.05, 0.1) is 11.0 Å². The van der Waals surface area contributed by atoms with Crippen molar-refractivity contribution in [1.29, 1.82) is 0 Å². The van der Waals surface area contributed by atoms with Crippen molar-refractivity contribution in [3.05, 3.63) is 45.6 Å². The molecule has 0 saturated heterocycles. The van der Waals surface area contributed by atoms with Crippen LogP contribution >= 0.6 is 0 Å². The maximum Gasteiger partial charge on any atom is 0.235 e. The molecule has 0 aliphatic heterocycles. The van der Waals surface area contributed by atoms with Crippen LogP contribution in [0, 0.1) is 17.0 Å². The molecule has 0 atom stereocenters. The fraction of sp³-hybridized carbons (Fsp3) is 0.429. The lowest BCUT2D eigenvalue weighted by Crippen LogP contribution is -2.11. The Bertz CT molecular complexity index is 462. The molecule has 0 heterocycles. The van der Waals surface area contributed by atoms with Gasteiger partial charge in [-0.3, -0.25) is 10.1 Å². The number of hydrogen-bond donors (Lipinski definition) is 0. The van der Waals surface area contributed by atoms with Crippen molar-refractivity contribution in [1.82, 2.24) is 0 Å². The van der Waals surface area contributed by atoms with Gasteiger partial charge in [0, 0.05) is 6.08 Å². The van der Waals surface area contributed by atoms with Crippen molar-refractivity contribution in [2.45, 2.75) is 38.7 Å². The Morgan fingerprint density at radius 2 is 2.11 bits per heavy atom. The lowest BCUT2D eigenvalue weighted by Gasteiger charge is -2.15. The summed E-state index contributed by atoms with van der Waals surface area (Å²) in [6, 6.07) is 5.66. The average Bonchev–Trinajstić information content (AvgIpc) is 2.83.